The maximum atomic E-state index is 12.9. The van der Waals surface area contributed by atoms with Gasteiger partial charge in [-0.2, -0.15) is 0 Å². The molecule has 0 spiro atoms. The van der Waals surface area contributed by atoms with Crippen LogP contribution in [0.2, 0.25) is 0 Å². The van der Waals surface area contributed by atoms with Crippen LogP contribution in [0.3, 0.4) is 0 Å². The number of allylic oxidation sites excluding steroid dienone is 1. The number of likely N-dealkylation sites (tertiary alicyclic amines) is 1. The zero-order chi connectivity index (χ0) is 17.6. The summed E-state index contributed by atoms with van der Waals surface area (Å²) in [5.41, 5.74) is 0. The lowest BCUT2D eigenvalue weighted by Gasteiger charge is -2.43. The predicted molar refractivity (Wildman–Crippen MR) is 95.7 cm³/mol. The summed E-state index contributed by atoms with van der Waals surface area (Å²) < 4.78 is 12.0. The van der Waals surface area contributed by atoms with Crippen LogP contribution in [0.4, 0.5) is 0 Å². The number of aliphatic hydroxyl groups is 1. The van der Waals surface area contributed by atoms with Crippen molar-refractivity contribution in [1.82, 2.24) is 4.90 Å². The molecule has 142 valence electrons. The lowest BCUT2D eigenvalue weighted by atomic mass is 9.68. The smallest absolute Gasteiger partial charge is 0.288 e. The molecule has 3 aliphatic rings. The third kappa shape index (κ3) is 4.37. The highest BCUT2D eigenvalue weighted by molar-refractivity contribution is 5.91. The first-order chi connectivity index (χ1) is 12.2. The van der Waals surface area contributed by atoms with Crippen LogP contribution >= 0.6 is 0 Å². The Balaban J connectivity index is 1.79. The largest absolute Gasteiger partial charge is 0.459 e. The molecule has 0 aromatic rings. The molecule has 1 amide bonds. The van der Waals surface area contributed by atoms with Crippen molar-refractivity contribution in [3.8, 4) is 0 Å². The summed E-state index contributed by atoms with van der Waals surface area (Å²) in [6, 6.07) is 0. The van der Waals surface area contributed by atoms with Gasteiger partial charge in [0.05, 0.1) is 0 Å². The minimum atomic E-state index is -0.365. The normalized spacial score (nSPS) is 30.4. The first-order valence-corrected chi connectivity index (χ1v) is 10.1. The maximum Gasteiger partial charge on any atom is 0.288 e. The minimum absolute atomic E-state index is 0.0364. The molecule has 2 aliphatic heterocycles. The summed E-state index contributed by atoms with van der Waals surface area (Å²) in [7, 11) is 0. The number of hydrogen-bond acceptors (Lipinski definition) is 4. The standard InChI is InChI=1S/C20H33NO4/c1-2-24-20-16(10-7-13-22)17(15-8-6-9-15)14-18(25-20)19(23)21-11-4-3-5-12-21/h14-17,20,22H,2-13H2,1H3/t16-,17-,20-/m1/s1. The van der Waals surface area contributed by atoms with Gasteiger partial charge < -0.3 is 19.5 Å². The van der Waals surface area contributed by atoms with E-state index in [0.29, 0.717) is 24.2 Å². The molecule has 0 aromatic heterocycles. The van der Waals surface area contributed by atoms with Crippen molar-refractivity contribution in [2.45, 2.75) is 64.6 Å². The Morgan fingerprint density at radius 3 is 2.64 bits per heavy atom. The van der Waals surface area contributed by atoms with Crippen LogP contribution in [-0.2, 0) is 14.3 Å². The molecule has 25 heavy (non-hydrogen) atoms. The Bertz CT molecular complexity index is 468. The molecular formula is C20H33NO4. The number of rotatable bonds is 7. The van der Waals surface area contributed by atoms with E-state index in [-0.39, 0.29) is 24.7 Å². The molecule has 0 radical (unpaired) electrons. The average Bonchev–Trinajstić information content (AvgIpc) is 2.60. The van der Waals surface area contributed by atoms with Crippen LogP contribution < -0.4 is 0 Å². The van der Waals surface area contributed by atoms with Crippen molar-refractivity contribution in [2.24, 2.45) is 17.8 Å². The Hall–Kier alpha value is -1.07. The molecule has 0 unspecified atom stereocenters. The number of carbonyl (C=O) groups is 1. The highest BCUT2D eigenvalue weighted by Gasteiger charge is 2.42. The summed E-state index contributed by atoms with van der Waals surface area (Å²) in [4.78, 5) is 14.9. The molecule has 0 bridgehead atoms. The number of hydrogen-bond donors (Lipinski definition) is 1. The SMILES string of the molecule is CCO[C@@H]1OC(C(=O)N2CCCCC2)=C[C@H](C2CCC2)[C@H]1CCCO. The first kappa shape index (κ1) is 18.7. The van der Waals surface area contributed by atoms with E-state index in [9.17, 15) is 9.90 Å². The van der Waals surface area contributed by atoms with Crippen LogP contribution in [0.15, 0.2) is 11.8 Å². The summed E-state index contributed by atoms with van der Waals surface area (Å²) in [6.07, 6.45) is 10.5. The summed E-state index contributed by atoms with van der Waals surface area (Å²) in [6.45, 7) is 4.40. The quantitative estimate of drug-likeness (QED) is 0.766. The van der Waals surface area contributed by atoms with E-state index in [1.165, 1.54) is 25.7 Å². The second-order valence-corrected chi connectivity index (χ2v) is 7.62. The molecule has 1 saturated heterocycles. The third-order valence-electron chi connectivity index (χ3n) is 6.01. The fourth-order valence-corrected chi connectivity index (χ4v) is 4.39. The summed E-state index contributed by atoms with van der Waals surface area (Å²) >= 11 is 0. The van der Waals surface area contributed by atoms with Gasteiger partial charge >= 0.3 is 0 Å². The molecule has 5 heteroatoms. The number of aliphatic hydroxyl groups excluding tert-OH is 1. The predicted octanol–water partition coefficient (Wildman–Crippen LogP) is 3.08. The van der Waals surface area contributed by atoms with Crippen molar-refractivity contribution >= 4 is 5.91 Å². The first-order valence-electron chi connectivity index (χ1n) is 10.1. The second-order valence-electron chi connectivity index (χ2n) is 7.62. The average molecular weight is 351 g/mol. The molecule has 1 saturated carbocycles. The lowest BCUT2D eigenvalue weighted by molar-refractivity contribution is -0.181. The summed E-state index contributed by atoms with van der Waals surface area (Å²) in [5, 5.41) is 9.26. The van der Waals surface area contributed by atoms with Gasteiger partial charge in [-0.3, -0.25) is 4.79 Å². The molecular weight excluding hydrogens is 318 g/mol. The Kier molecular flexibility index (Phi) is 6.77. The lowest BCUT2D eigenvalue weighted by Crippen LogP contribution is -2.44. The van der Waals surface area contributed by atoms with Crippen LogP contribution in [0, 0.1) is 17.8 Å². The topological polar surface area (TPSA) is 59.0 Å². The fraction of sp³-hybridized carbons (Fsp3) is 0.850. The molecule has 0 aromatic carbocycles. The molecule has 2 heterocycles. The van der Waals surface area contributed by atoms with Gasteiger partial charge in [0.1, 0.15) is 0 Å². The third-order valence-corrected chi connectivity index (χ3v) is 6.01. The van der Waals surface area contributed by atoms with Gasteiger partial charge in [-0.05, 0) is 69.8 Å². The van der Waals surface area contributed by atoms with E-state index in [1.54, 1.807) is 0 Å². The highest BCUT2D eigenvalue weighted by atomic mass is 16.7. The molecule has 1 aliphatic carbocycles. The molecule has 5 nitrogen and oxygen atoms in total. The van der Waals surface area contributed by atoms with E-state index >= 15 is 0 Å². The van der Waals surface area contributed by atoms with Crippen molar-refractivity contribution in [3.05, 3.63) is 11.8 Å². The monoisotopic (exact) mass is 351 g/mol. The van der Waals surface area contributed by atoms with Crippen LogP contribution in [0.25, 0.3) is 0 Å². The van der Waals surface area contributed by atoms with Gasteiger partial charge in [0.25, 0.3) is 5.91 Å². The molecule has 3 rings (SSSR count). The number of amides is 1. The van der Waals surface area contributed by atoms with Crippen LogP contribution in [-0.4, -0.2) is 48.5 Å². The fourth-order valence-electron chi connectivity index (χ4n) is 4.39. The number of nitrogens with zero attached hydrogens (tertiary/aromatic N) is 1. The van der Waals surface area contributed by atoms with Gasteiger partial charge in [-0.1, -0.05) is 6.42 Å². The zero-order valence-electron chi connectivity index (χ0n) is 15.5. The Morgan fingerprint density at radius 2 is 2.04 bits per heavy atom. The molecule has 1 N–H and O–H groups in total. The van der Waals surface area contributed by atoms with Gasteiger partial charge in [0.2, 0.25) is 6.29 Å². The van der Waals surface area contributed by atoms with Gasteiger partial charge in [0, 0.05) is 32.2 Å². The number of ether oxygens (including phenoxy) is 2. The Morgan fingerprint density at radius 1 is 1.28 bits per heavy atom. The summed E-state index contributed by atoms with van der Waals surface area (Å²) in [5.74, 6) is 1.72. The van der Waals surface area contributed by atoms with E-state index < -0.39 is 0 Å². The van der Waals surface area contributed by atoms with Crippen molar-refractivity contribution < 1.29 is 19.4 Å². The van der Waals surface area contributed by atoms with Crippen molar-refractivity contribution in [2.75, 3.05) is 26.3 Å². The zero-order valence-corrected chi connectivity index (χ0v) is 15.5. The van der Waals surface area contributed by atoms with Crippen molar-refractivity contribution in [1.29, 1.82) is 0 Å². The van der Waals surface area contributed by atoms with Crippen LogP contribution in [0.5, 0.6) is 0 Å². The highest BCUT2D eigenvalue weighted by Crippen LogP contribution is 2.44. The van der Waals surface area contributed by atoms with E-state index in [0.717, 1.165) is 38.8 Å². The van der Waals surface area contributed by atoms with E-state index in [1.807, 2.05) is 11.8 Å². The van der Waals surface area contributed by atoms with Gasteiger partial charge in [-0.25, -0.2) is 0 Å². The van der Waals surface area contributed by atoms with Crippen molar-refractivity contribution in [3.63, 3.8) is 0 Å². The number of carbonyl (C=O) groups excluding carboxylic acids is 1. The van der Waals surface area contributed by atoms with Crippen LogP contribution in [0.1, 0.15) is 58.3 Å². The molecule has 3 atom stereocenters. The van der Waals surface area contributed by atoms with E-state index in [4.69, 9.17) is 9.47 Å². The van der Waals surface area contributed by atoms with E-state index in [2.05, 4.69) is 6.08 Å². The van der Waals surface area contributed by atoms with Gasteiger partial charge in [-0.15, -0.1) is 0 Å². The molecule has 2 fully saturated rings. The van der Waals surface area contributed by atoms with Gasteiger partial charge in [0.15, 0.2) is 5.76 Å². The number of piperidine rings is 1. The maximum absolute atomic E-state index is 12.9. The Labute approximate surface area is 151 Å². The minimum Gasteiger partial charge on any atom is -0.459 e. The second kappa shape index (κ2) is 9.04.